The fourth-order valence-corrected chi connectivity index (χ4v) is 3.58. The van der Waals surface area contributed by atoms with Crippen molar-refractivity contribution < 1.29 is 4.39 Å². The molecule has 1 N–H and O–H groups in total. The number of halogens is 1. The van der Waals surface area contributed by atoms with Gasteiger partial charge in [0, 0.05) is 18.6 Å². The molecule has 2 fully saturated rings. The van der Waals surface area contributed by atoms with E-state index in [0.717, 1.165) is 25.2 Å². The highest BCUT2D eigenvalue weighted by atomic mass is 19.1. The molecular formula is C16H20FN3. The Labute approximate surface area is 119 Å². The molecule has 0 saturated carbocycles. The average molecular weight is 273 g/mol. The van der Waals surface area contributed by atoms with E-state index in [9.17, 15) is 4.39 Å². The summed E-state index contributed by atoms with van der Waals surface area (Å²) in [7, 11) is 0. The molecule has 3 nitrogen and oxygen atoms in total. The molecule has 1 aromatic carbocycles. The van der Waals surface area contributed by atoms with Gasteiger partial charge in [0.1, 0.15) is 5.82 Å². The highest BCUT2D eigenvalue weighted by Gasteiger charge is 2.32. The molecule has 0 radical (unpaired) electrons. The first-order valence-electron chi connectivity index (χ1n) is 7.43. The SMILES string of the molecule is N#Cc1cc(F)cc(CN2CCCC2C2CCCN2)c1. The van der Waals surface area contributed by atoms with Gasteiger partial charge in [0.15, 0.2) is 0 Å². The molecule has 0 bridgehead atoms. The standard InChI is InChI=1S/C16H20FN3/c17-14-8-12(10-18)7-13(9-14)11-20-6-2-4-16(20)15-3-1-5-19-15/h7-9,15-16,19H,1-6,11H2. The average Bonchev–Trinajstić information content (AvgIpc) is 3.08. The molecule has 106 valence electrons. The van der Waals surface area contributed by atoms with Crippen LogP contribution in [-0.2, 0) is 6.54 Å². The second-order valence-electron chi connectivity index (χ2n) is 5.84. The fraction of sp³-hybridized carbons (Fsp3) is 0.562. The van der Waals surface area contributed by atoms with Gasteiger partial charge in [-0.1, -0.05) is 0 Å². The number of likely N-dealkylation sites (tertiary alicyclic amines) is 1. The molecule has 2 aliphatic rings. The van der Waals surface area contributed by atoms with Crippen molar-refractivity contribution in [1.82, 2.24) is 10.2 Å². The van der Waals surface area contributed by atoms with Crippen molar-refractivity contribution in [3.63, 3.8) is 0 Å². The van der Waals surface area contributed by atoms with E-state index >= 15 is 0 Å². The van der Waals surface area contributed by atoms with Crippen molar-refractivity contribution in [3.8, 4) is 6.07 Å². The minimum Gasteiger partial charge on any atom is -0.312 e. The molecule has 2 aliphatic heterocycles. The highest BCUT2D eigenvalue weighted by Crippen LogP contribution is 2.26. The summed E-state index contributed by atoms with van der Waals surface area (Å²) in [6.45, 7) is 2.93. The predicted octanol–water partition coefficient (Wildman–Crippen LogP) is 2.41. The number of nitriles is 1. The van der Waals surface area contributed by atoms with Crippen molar-refractivity contribution in [3.05, 3.63) is 35.1 Å². The van der Waals surface area contributed by atoms with Gasteiger partial charge in [-0.3, -0.25) is 4.90 Å². The Balaban J connectivity index is 1.73. The molecule has 2 atom stereocenters. The Kier molecular flexibility index (Phi) is 4.00. The van der Waals surface area contributed by atoms with E-state index in [2.05, 4.69) is 10.2 Å². The maximum Gasteiger partial charge on any atom is 0.124 e. The third-order valence-electron chi connectivity index (χ3n) is 4.45. The summed E-state index contributed by atoms with van der Waals surface area (Å²) in [5, 5.41) is 12.5. The van der Waals surface area contributed by atoms with Crippen LogP contribution >= 0.6 is 0 Å². The van der Waals surface area contributed by atoms with Crippen LogP contribution in [0.1, 0.15) is 36.8 Å². The van der Waals surface area contributed by atoms with Gasteiger partial charge in [0.05, 0.1) is 11.6 Å². The Morgan fingerprint density at radius 1 is 1.30 bits per heavy atom. The largest absolute Gasteiger partial charge is 0.312 e. The summed E-state index contributed by atoms with van der Waals surface area (Å²) in [6.07, 6.45) is 4.93. The van der Waals surface area contributed by atoms with Gasteiger partial charge in [-0.15, -0.1) is 0 Å². The topological polar surface area (TPSA) is 39.1 Å². The van der Waals surface area contributed by atoms with E-state index < -0.39 is 0 Å². The summed E-state index contributed by atoms with van der Waals surface area (Å²) in [6, 6.07) is 7.83. The monoisotopic (exact) mass is 273 g/mol. The smallest absolute Gasteiger partial charge is 0.124 e. The van der Waals surface area contributed by atoms with Crippen molar-refractivity contribution >= 4 is 0 Å². The Hall–Kier alpha value is -1.44. The predicted molar refractivity (Wildman–Crippen MR) is 75.6 cm³/mol. The maximum atomic E-state index is 13.5. The minimum absolute atomic E-state index is 0.311. The van der Waals surface area contributed by atoms with Crippen LogP contribution in [0.4, 0.5) is 4.39 Å². The molecule has 2 saturated heterocycles. The van der Waals surface area contributed by atoms with E-state index in [4.69, 9.17) is 5.26 Å². The van der Waals surface area contributed by atoms with Gasteiger partial charge in [0.25, 0.3) is 0 Å². The summed E-state index contributed by atoms with van der Waals surface area (Å²) in [5.41, 5.74) is 1.32. The van der Waals surface area contributed by atoms with E-state index in [1.807, 2.05) is 6.07 Å². The van der Waals surface area contributed by atoms with Crippen LogP contribution in [0.15, 0.2) is 18.2 Å². The Bertz CT molecular complexity index is 517. The minimum atomic E-state index is -0.311. The van der Waals surface area contributed by atoms with Crippen molar-refractivity contribution in [2.75, 3.05) is 13.1 Å². The fourth-order valence-electron chi connectivity index (χ4n) is 3.58. The number of nitrogens with one attached hydrogen (secondary N) is 1. The molecule has 4 heteroatoms. The molecule has 2 heterocycles. The molecule has 0 amide bonds. The van der Waals surface area contributed by atoms with Crippen LogP contribution in [0, 0.1) is 17.1 Å². The van der Waals surface area contributed by atoms with Crippen molar-refractivity contribution in [2.24, 2.45) is 0 Å². The van der Waals surface area contributed by atoms with E-state index in [-0.39, 0.29) is 5.82 Å². The van der Waals surface area contributed by atoms with Crippen molar-refractivity contribution in [1.29, 1.82) is 5.26 Å². The first kappa shape index (κ1) is 13.5. The zero-order valence-electron chi connectivity index (χ0n) is 11.6. The Morgan fingerprint density at radius 3 is 2.95 bits per heavy atom. The maximum absolute atomic E-state index is 13.5. The lowest BCUT2D eigenvalue weighted by atomic mass is 10.0. The van der Waals surface area contributed by atoms with Crippen LogP contribution in [0.5, 0.6) is 0 Å². The number of rotatable bonds is 3. The van der Waals surface area contributed by atoms with Crippen molar-refractivity contribution in [2.45, 2.75) is 44.3 Å². The van der Waals surface area contributed by atoms with Crippen LogP contribution < -0.4 is 5.32 Å². The van der Waals surface area contributed by atoms with Crippen LogP contribution in [0.25, 0.3) is 0 Å². The molecule has 20 heavy (non-hydrogen) atoms. The Morgan fingerprint density at radius 2 is 2.20 bits per heavy atom. The number of hydrogen-bond acceptors (Lipinski definition) is 3. The normalized spacial score (nSPS) is 26.8. The second-order valence-corrected chi connectivity index (χ2v) is 5.84. The van der Waals surface area contributed by atoms with Gasteiger partial charge >= 0.3 is 0 Å². The van der Waals surface area contributed by atoms with Gasteiger partial charge in [-0.05, 0) is 62.5 Å². The molecule has 1 aromatic rings. The molecular weight excluding hydrogens is 253 g/mol. The molecule has 2 unspecified atom stereocenters. The lowest BCUT2D eigenvalue weighted by Gasteiger charge is -2.29. The number of hydrogen-bond donors (Lipinski definition) is 1. The summed E-state index contributed by atoms with van der Waals surface area (Å²) < 4.78 is 13.5. The molecule has 0 aliphatic carbocycles. The third kappa shape index (κ3) is 2.84. The van der Waals surface area contributed by atoms with E-state index in [1.165, 1.54) is 31.7 Å². The third-order valence-corrected chi connectivity index (χ3v) is 4.45. The van der Waals surface area contributed by atoms with E-state index in [0.29, 0.717) is 17.6 Å². The van der Waals surface area contributed by atoms with Crippen LogP contribution in [0.2, 0.25) is 0 Å². The number of nitrogens with zero attached hydrogens (tertiary/aromatic N) is 2. The molecule has 0 spiro atoms. The van der Waals surface area contributed by atoms with Crippen LogP contribution in [-0.4, -0.2) is 30.1 Å². The van der Waals surface area contributed by atoms with Gasteiger partial charge in [0.2, 0.25) is 0 Å². The molecule has 3 rings (SSSR count). The van der Waals surface area contributed by atoms with Crippen LogP contribution in [0.3, 0.4) is 0 Å². The zero-order chi connectivity index (χ0) is 13.9. The second kappa shape index (κ2) is 5.90. The lowest BCUT2D eigenvalue weighted by Crippen LogP contribution is -2.43. The molecule has 0 aromatic heterocycles. The van der Waals surface area contributed by atoms with Gasteiger partial charge in [-0.25, -0.2) is 4.39 Å². The summed E-state index contributed by atoms with van der Waals surface area (Å²) >= 11 is 0. The van der Waals surface area contributed by atoms with Gasteiger partial charge in [-0.2, -0.15) is 5.26 Å². The summed E-state index contributed by atoms with van der Waals surface area (Å²) in [4.78, 5) is 2.44. The summed E-state index contributed by atoms with van der Waals surface area (Å²) in [5.74, 6) is -0.311. The van der Waals surface area contributed by atoms with E-state index in [1.54, 1.807) is 12.1 Å². The van der Waals surface area contributed by atoms with Gasteiger partial charge < -0.3 is 5.32 Å². The zero-order valence-corrected chi connectivity index (χ0v) is 11.6. The first-order chi connectivity index (χ1) is 9.76. The highest BCUT2D eigenvalue weighted by molar-refractivity contribution is 5.33. The lowest BCUT2D eigenvalue weighted by molar-refractivity contribution is 0.206. The first-order valence-corrected chi connectivity index (χ1v) is 7.43. The number of benzene rings is 1. The quantitative estimate of drug-likeness (QED) is 0.919.